The van der Waals surface area contributed by atoms with E-state index in [2.05, 4.69) is 47.6 Å². The Hall–Kier alpha value is -3.41. The van der Waals surface area contributed by atoms with Gasteiger partial charge in [0.25, 0.3) is 0 Å². The molecule has 2 rings (SSSR count). The number of allylic oxidation sites excluding steroid dienone is 1. The van der Waals surface area contributed by atoms with Gasteiger partial charge in [0, 0.05) is 16.7 Å². The quantitative estimate of drug-likeness (QED) is 0.104. The second kappa shape index (κ2) is 14.1. The summed E-state index contributed by atoms with van der Waals surface area (Å²) in [5.74, 6) is 0.458. The second-order valence-electron chi connectivity index (χ2n) is 14.9. The molecule has 0 fully saturated rings. The molecular weight excluding hydrogens is 552 g/mol. The van der Waals surface area contributed by atoms with E-state index in [1.807, 2.05) is 27.7 Å². The highest BCUT2D eigenvalue weighted by atomic mass is 16.5. The van der Waals surface area contributed by atoms with Crippen LogP contribution in [0, 0.1) is 10.8 Å². The van der Waals surface area contributed by atoms with Crippen LogP contribution >= 0.6 is 0 Å². The van der Waals surface area contributed by atoms with E-state index in [9.17, 15) is 14.4 Å². The Morgan fingerprint density at radius 2 is 1.16 bits per heavy atom. The maximum absolute atomic E-state index is 13.5. The number of rotatable bonds is 12. The molecule has 2 aromatic rings. The van der Waals surface area contributed by atoms with Crippen LogP contribution in [0.1, 0.15) is 136 Å². The third kappa shape index (κ3) is 9.06. The van der Waals surface area contributed by atoms with Crippen LogP contribution in [0.15, 0.2) is 36.4 Å². The van der Waals surface area contributed by atoms with Crippen molar-refractivity contribution in [2.45, 2.75) is 120 Å². The summed E-state index contributed by atoms with van der Waals surface area (Å²) >= 11 is 0. The van der Waals surface area contributed by atoms with Gasteiger partial charge in [-0.25, -0.2) is 0 Å². The van der Waals surface area contributed by atoms with Crippen molar-refractivity contribution in [2.24, 2.45) is 10.8 Å². The maximum Gasteiger partial charge on any atom is 0.316 e. The molecule has 0 amide bonds. The lowest BCUT2D eigenvalue weighted by Gasteiger charge is -2.34. The van der Waals surface area contributed by atoms with E-state index in [0.717, 1.165) is 30.4 Å². The molecular formula is C38H54O6. The van der Waals surface area contributed by atoms with Crippen molar-refractivity contribution in [3.63, 3.8) is 0 Å². The third-order valence-corrected chi connectivity index (χ3v) is 8.11. The van der Waals surface area contributed by atoms with Crippen LogP contribution in [0.3, 0.4) is 0 Å². The van der Waals surface area contributed by atoms with E-state index in [1.165, 1.54) is 6.08 Å². The van der Waals surface area contributed by atoms with Crippen LogP contribution in [0.2, 0.25) is 0 Å². The molecule has 0 unspecified atom stereocenters. The smallest absolute Gasteiger partial charge is 0.316 e. The number of hydrogen-bond donors (Lipinski definition) is 0. The van der Waals surface area contributed by atoms with Gasteiger partial charge in [-0.15, -0.1) is 0 Å². The fourth-order valence-electron chi connectivity index (χ4n) is 4.12. The monoisotopic (exact) mass is 606 g/mol. The predicted molar refractivity (Wildman–Crippen MR) is 179 cm³/mol. The van der Waals surface area contributed by atoms with Gasteiger partial charge in [-0.1, -0.05) is 48.5 Å². The predicted octanol–water partition coefficient (Wildman–Crippen LogP) is 9.65. The zero-order chi connectivity index (χ0) is 33.7. The lowest BCUT2D eigenvalue weighted by Crippen LogP contribution is -2.29. The summed E-state index contributed by atoms with van der Waals surface area (Å²) in [5.41, 5.74) is 0.955. The Kier molecular flexibility index (Phi) is 11.8. The van der Waals surface area contributed by atoms with E-state index in [-0.39, 0.29) is 28.6 Å². The number of carbonyl (C=O) groups is 3. The number of esters is 2. The normalized spacial score (nSPS) is 12.8. The molecule has 6 heteroatoms. The molecule has 0 atom stereocenters. The van der Waals surface area contributed by atoms with Gasteiger partial charge in [0.05, 0.1) is 23.0 Å². The van der Waals surface area contributed by atoms with E-state index in [1.54, 1.807) is 51.1 Å². The molecule has 0 aliphatic carbocycles. The van der Waals surface area contributed by atoms with Gasteiger partial charge in [-0.2, -0.15) is 0 Å². The van der Waals surface area contributed by atoms with Gasteiger partial charge in [-0.05, 0) is 114 Å². The first-order chi connectivity index (χ1) is 20.2. The zero-order valence-corrected chi connectivity index (χ0v) is 29.3. The average Bonchev–Trinajstić information content (AvgIpc) is 2.94. The van der Waals surface area contributed by atoms with Crippen LogP contribution < -0.4 is 14.2 Å². The van der Waals surface area contributed by atoms with Crippen LogP contribution in [0.25, 0.3) is 6.08 Å². The minimum atomic E-state index is -0.742. The topological polar surface area (TPSA) is 78.9 Å². The molecule has 0 aliphatic rings. The second-order valence-corrected chi connectivity index (χ2v) is 14.9. The number of carbonyl (C=O) groups excluding carboxylic acids is 3. The molecule has 0 saturated carbocycles. The van der Waals surface area contributed by atoms with Crippen molar-refractivity contribution in [3.05, 3.63) is 58.7 Å². The lowest BCUT2D eigenvalue weighted by atomic mass is 9.74. The Bertz CT molecular complexity index is 1360. The highest BCUT2D eigenvalue weighted by Gasteiger charge is 2.35. The Morgan fingerprint density at radius 1 is 0.682 bits per heavy atom. The summed E-state index contributed by atoms with van der Waals surface area (Å²) in [5, 5.41) is 0. The van der Waals surface area contributed by atoms with Gasteiger partial charge in [-0.3, -0.25) is 14.4 Å². The van der Waals surface area contributed by atoms with Crippen LogP contribution in [0.4, 0.5) is 0 Å². The van der Waals surface area contributed by atoms with Crippen molar-refractivity contribution >= 4 is 23.8 Å². The van der Waals surface area contributed by atoms with Gasteiger partial charge in [0.15, 0.2) is 5.78 Å². The molecule has 0 radical (unpaired) electrons. The molecule has 242 valence electrons. The van der Waals surface area contributed by atoms with Crippen molar-refractivity contribution in [1.82, 2.24) is 0 Å². The summed E-state index contributed by atoms with van der Waals surface area (Å²) in [7, 11) is 0. The molecule has 0 heterocycles. The standard InChI is InChI=1S/C38H54O6/c1-14-23-42-31-27(21-22-30(39)25-17-19-26(20-18-25)43-33(40)35(4,5)6)32(44-34(41)36(7,8)9)29(38(12,13)16-3)24-28(31)37(10,11)15-2/h17-22,24H,14-16,23H2,1-13H3/b22-21+. The lowest BCUT2D eigenvalue weighted by molar-refractivity contribution is -0.143. The maximum atomic E-state index is 13.5. The minimum Gasteiger partial charge on any atom is -0.493 e. The number of ether oxygens (including phenoxy) is 3. The molecule has 44 heavy (non-hydrogen) atoms. The minimum absolute atomic E-state index is 0.246. The third-order valence-electron chi connectivity index (χ3n) is 8.11. The first-order valence-corrected chi connectivity index (χ1v) is 15.8. The first-order valence-electron chi connectivity index (χ1n) is 15.8. The molecule has 0 aliphatic heterocycles. The fraction of sp³-hybridized carbons (Fsp3) is 0.553. The van der Waals surface area contributed by atoms with Crippen molar-refractivity contribution < 1.29 is 28.6 Å². The van der Waals surface area contributed by atoms with Gasteiger partial charge < -0.3 is 14.2 Å². The molecule has 0 N–H and O–H groups in total. The summed E-state index contributed by atoms with van der Waals surface area (Å²) in [6.45, 7) is 26.2. The Morgan fingerprint density at radius 3 is 1.61 bits per heavy atom. The molecule has 6 nitrogen and oxygen atoms in total. The highest BCUT2D eigenvalue weighted by Crippen LogP contribution is 2.48. The van der Waals surface area contributed by atoms with Crippen molar-refractivity contribution in [3.8, 4) is 17.2 Å². The molecule has 2 aromatic carbocycles. The average molecular weight is 607 g/mol. The SMILES string of the molecule is CCCOc1c(C(C)(C)CC)cc(C(C)(C)CC)c(OC(=O)C(C)(C)C)c1/C=C/C(=O)c1ccc(OC(=O)C(C)(C)C)cc1. The molecule has 0 spiro atoms. The van der Waals surface area contributed by atoms with E-state index >= 15 is 0 Å². The summed E-state index contributed by atoms with van der Waals surface area (Å²) in [6.07, 6.45) is 5.67. The number of benzene rings is 2. The van der Waals surface area contributed by atoms with Crippen molar-refractivity contribution in [1.29, 1.82) is 0 Å². The van der Waals surface area contributed by atoms with Crippen LogP contribution in [-0.2, 0) is 20.4 Å². The Labute approximate surface area is 265 Å². The number of hydrogen-bond acceptors (Lipinski definition) is 6. The first kappa shape index (κ1) is 36.8. The zero-order valence-electron chi connectivity index (χ0n) is 29.3. The van der Waals surface area contributed by atoms with Gasteiger partial charge in [0.2, 0.25) is 0 Å². The van der Waals surface area contributed by atoms with E-state index in [0.29, 0.717) is 35.0 Å². The highest BCUT2D eigenvalue weighted by molar-refractivity contribution is 6.07. The molecule has 0 aromatic heterocycles. The number of ketones is 1. The van der Waals surface area contributed by atoms with E-state index in [4.69, 9.17) is 14.2 Å². The van der Waals surface area contributed by atoms with Crippen LogP contribution in [-0.4, -0.2) is 24.3 Å². The fourth-order valence-corrected chi connectivity index (χ4v) is 4.12. The van der Waals surface area contributed by atoms with Gasteiger partial charge in [0.1, 0.15) is 17.2 Å². The Balaban J connectivity index is 2.80. The molecule has 0 bridgehead atoms. The van der Waals surface area contributed by atoms with Gasteiger partial charge >= 0.3 is 11.9 Å². The largest absolute Gasteiger partial charge is 0.493 e. The summed E-state index contributed by atoms with van der Waals surface area (Å²) in [6, 6.07) is 8.64. The van der Waals surface area contributed by atoms with E-state index < -0.39 is 10.8 Å². The molecule has 0 saturated heterocycles. The summed E-state index contributed by atoms with van der Waals surface area (Å²) in [4.78, 5) is 39.1. The van der Waals surface area contributed by atoms with Crippen LogP contribution in [0.5, 0.6) is 17.2 Å². The summed E-state index contributed by atoms with van der Waals surface area (Å²) < 4.78 is 18.1. The van der Waals surface area contributed by atoms with Crippen molar-refractivity contribution in [2.75, 3.05) is 6.61 Å².